The fourth-order valence-electron chi connectivity index (χ4n) is 2.96. The van der Waals surface area contributed by atoms with Gasteiger partial charge in [-0.15, -0.1) is 0 Å². The molecule has 6 heteroatoms. The zero-order valence-corrected chi connectivity index (χ0v) is 10.3. The number of ether oxygens (including phenoxy) is 2. The van der Waals surface area contributed by atoms with Gasteiger partial charge in [0.15, 0.2) is 0 Å². The predicted molar refractivity (Wildman–Crippen MR) is 62.0 cm³/mol. The predicted octanol–water partition coefficient (Wildman–Crippen LogP) is 0.124. The third-order valence-electron chi connectivity index (χ3n) is 4.19. The molecule has 1 unspecified atom stereocenters. The van der Waals surface area contributed by atoms with Crippen LogP contribution in [0.2, 0.25) is 0 Å². The van der Waals surface area contributed by atoms with Crippen molar-refractivity contribution in [3.05, 3.63) is 0 Å². The van der Waals surface area contributed by atoms with E-state index in [1.54, 1.807) is 0 Å². The Morgan fingerprint density at radius 3 is 2.61 bits per heavy atom. The van der Waals surface area contributed by atoms with Crippen LogP contribution in [0.3, 0.4) is 0 Å². The molecule has 3 rings (SSSR count). The second kappa shape index (κ2) is 4.51. The standard InChI is InChI=1S/C12H18N2O4/c15-10-12(2-5-17-6-3-12)8-13-11(16)14(10)9-1-4-18-7-9/h9H,1-8H2,(H,13,16). The molecule has 0 bridgehead atoms. The van der Waals surface area contributed by atoms with Gasteiger partial charge in [0.1, 0.15) is 0 Å². The van der Waals surface area contributed by atoms with Gasteiger partial charge >= 0.3 is 6.03 Å². The van der Waals surface area contributed by atoms with E-state index in [0.717, 1.165) is 6.42 Å². The number of amides is 3. The van der Waals surface area contributed by atoms with Crippen LogP contribution in [-0.4, -0.2) is 55.9 Å². The Balaban J connectivity index is 1.83. The normalized spacial score (nSPS) is 31.8. The minimum absolute atomic E-state index is 0.0370. The minimum atomic E-state index is -0.450. The first kappa shape index (κ1) is 11.9. The van der Waals surface area contributed by atoms with Crippen molar-refractivity contribution in [3.8, 4) is 0 Å². The highest BCUT2D eigenvalue weighted by Crippen LogP contribution is 2.35. The molecule has 1 atom stereocenters. The van der Waals surface area contributed by atoms with Gasteiger partial charge in [0, 0.05) is 26.4 Å². The van der Waals surface area contributed by atoms with Crippen LogP contribution in [0, 0.1) is 5.41 Å². The summed E-state index contributed by atoms with van der Waals surface area (Å²) in [6.07, 6.45) is 2.12. The molecule has 1 spiro atoms. The SMILES string of the molecule is O=C1NCC2(CCOCC2)C(=O)N1C1CCOC1. The molecular formula is C12H18N2O4. The zero-order valence-electron chi connectivity index (χ0n) is 10.3. The van der Waals surface area contributed by atoms with Crippen LogP contribution in [0.1, 0.15) is 19.3 Å². The van der Waals surface area contributed by atoms with Gasteiger partial charge < -0.3 is 14.8 Å². The van der Waals surface area contributed by atoms with Gasteiger partial charge in [0.25, 0.3) is 0 Å². The maximum atomic E-state index is 12.7. The molecule has 0 aliphatic carbocycles. The van der Waals surface area contributed by atoms with Gasteiger partial charge in [0.2, 0.25) is 5.91 Å². The molecular weight excluding hydrogens is 236 g/mol. The Morgan fingerprint density at radius 2 is 1.94 bits per heavy atom. The van der Waals surface area contributed by atoms with E-state index in [0.29, 0.717) is 45.8 Å². The van der Waals surface area contributed by atoms with E-state index in [-0.39, 0.29) is 18.0 Å². The van der Waals surface area contributed by atoms with Crippen LogP contribution in [-0.2, 0) is 14.3 Å². The lowest BCUT2D eigenvalue weighted by Gasteiger charge is -2.44. The first-order valence-corrected chi connectivity index (χ1v) is 6.50. The summed E-state index contributed by atoms with van der Waals surface area (Å²) < 4.78 is 10.6. The Kier molecular flexibility index (Phi) is 2.99. The molecule has 3 aliphatic heterocycles. The lowest BCUT2D eigenvalue weighted by atomic mass is 9.77. The maximum Gasteiger partial charge on any atom is 0.324 e. The lowest BCUT2D eigenvalue weighted by molar-refractivity contribution is -0.148. The molecule has 0 aromatic heterocycles. The van der Waals surface area contributed by atoms with Gasteiger partial charge in [-0.3, -0.25) is 9.69 Å². The minimum Gasteiger partial charge on any atom is -0.381 e. The fraction of sp³-hybridized carbons (Fsp3) is 0.833. The van der Waals surface area contributed by atoms with Crippen molar-refractivity contribution in [3.63, 3.8) is 0 Å². The Bertz CT molecular complexity index is 359. The van der Waals surface area contributed by atoms with Crippen LogP contribution in [0.4, 0.5) is 4.79 Å². The summed E-state index contributed by atoms with van der Waals surface area (Å²) >= 11 is 0. The first-order chi connectivity index (χ1) is 8.73. The number of hydrogen-bond acceptors (Lipinski definition) is 4. The van der Waals surface area contributed by atoms with Crippen LogP contribution >= 0.6 is 0 Å². The third-order valence-corrected chi connectivity index (χ3v) is 4.19. The lowest BCUT2D eigenvalue weighted by Crippen LogP contribution is -2.64. The van der Waals surface area contributed by atoms with Crippen molar-refractivity contribution in [2.24, 2.45) is 5.41 Å². The van der Waals surface area contributed by atoms with Gasteiger partial charge in [-0.25, -0.2) is 4.79 Å². The second-order valence-corrected chi connectivity index (χ2v) is 5.24. The number of rotatable bonds is 1. The highest BCUT2D eigenvalue weighted by atomic mass is 16.5. The summed E-state index contributed by atoms with van der Waals surface area (Å²) in [5, 5.41) is 2.86. The first-order valence-electron chi connectivity index (χ1n) is 6.50. The topological polar surface area (TPSA) is 67.9 Å². The smallest absolute Gasteiger partial charge is 0.324 e. The van der Waals surface area contributed by atoms with Crippen LogP contribution in [0.5, 0.6) is 0 Å². The van der Waals surface area contributed by atoms with E-state index < -0.39 is 5.41 Å². The molecule has 3 saturated heterocycles. The van der Waals surface area contributed by atoms with E-state index in [4.69, 9.17) is 9.47 Å². The van der Waals surface area contributed by atoms with E-state index in [2.05, 4.69) is 5.32 Å². The molecule has 1 N–H and O–H groups in total. The van der Waals surface area contributed by atoms with Crippen molar-refractivity contribution in [2.75, 3.05) is 33.0 Å². The molecule has 100 valence electrons. The van der Waals surface area contributed by atoms with E-state index >= 15 is 0 Å². The van der Waals surface area contributed by atoms with Crippen molar-refractivity contribution in [2.45, 2.75) is 25.3 Å². The summed E-state index contributed by atoms with van der Waals surface area (Å²) in [5.74, 6) is -0.0370. The van der Waals surface area contributed by atoms with Gasteiger partial charge in [-0.05, 0) is 19.3 Å². The van der Waals surface area contributed by atoms with E-state index in [1.165, 1.54) is 4.90 Å². The summed E-state index contributed by atoms with van der Waals surface area (Å²) in [5.41, 5.74) is -0.450. The highest BCUT2D eigenvalue weighted by molar-refractivity contribution is 6.00. The average Bonchev–Trinajstić information content (AvgIpc) is 2.90. The van der Waals surface area contributed by atoms with Gasteiger partial charge in [0.05, 0.1) is 18.1 Å². The number of imide groups is 1. The maximum absolute atomic E-state index is 12.7. The van der Waals surface area contributed by atoms with Crippen LogP contribution in [0.25, 0.3) is 0 Å². The number of urea groups is 1. The number of hydrogen-bond donors (Lipinski definition) is 1. The molecule has 3 aliphatic rings. The van der Waals surface area contributed by atoms with Crippen LogP contribution < -0.4 is 5.32 Å². The molecule has 6 nitrogen and oxygen atoms in total. The molecule has 3 fully saturated rings. The monoisotopic (exact) mass is 254 g/mol. The average molecular weight is 254 g/mol. The van der Waals surface area contributed by atoms with Crippen molar-refractivity contribution in [1.29, 1.82) is 0 Å². The largest absolute Gasteiger partial charge is 0.381 e. The number of carbonyl (C=O) groups is 2. The molecule has 0 radical (unpaired) electrons. The van der Waals surface area contributed by atoms with Crippen molar-refractivity contribution >= 4 is 11.9 Å². The van der Waals surface area contributed by atoms with Crippen molar-refractivity contribution < 1.29 is 19.1 Å². The Morgan fingerprint density at radius 1 is 1.17 bits per heavy atom. The van der Waals surface area contributed by atoms with Gasteiger partial charge in [-0.1, -0.05) is 0 Å². The molecule has 0 saturated carbocycles. The summed E-state index contributed by atoms with van der Waals surface area (Å²) in [4.78, 5) is 26.0. The van der Waals surface area contributed by atoms with E-state index in [9.17, 15) is 9.59 Å². The second-order valence-electron chi connectivity index (χ2n) is 5.24. The Hall–Kier alpha value is -1.14. The number of nitrogens with zero attached hydrogens (tertiary/aromatic N) is 1. The summed E-state index contributed by atoms with van der Waals surface area (Å²) in [6, 6.07) is -0.370. The zero-order chi connectivity index (χ0) is 12.6. The Labute approximate surface area is 106 Å². The third kappa shape index (κ3) is 1.80. The number of nitrogens with one attached hydrogen (secondary N) is 1. The van der Waals surface area contributed by atoms with Gasteiger partial charge in [-0.2, -0.15) is 0 Å². The quantitative estimate of drug-likeness (QED) is 0.722. The fourth-order valence-corrected chi connectivity index (χ4v) is 2.96. The summed E-state index contributed by atoms with van der Waals surface area (Å²) in [7, 11) is 0. The molecule has 3 heterocycles. The summed E-state index contributed by atoms with van der Waals surface area (Å²) in [6.45, 7) is 2.72. The molecule has 18 heavy (non-hydrogen) atoms. The van der Waals surface area contributed by atoms with Crippen LogP contribution in [0.15, 0.2) is 0 Å². The molecule has 0 aromatic carbocycles. The van der Waals surface area contributed by atoms with E-state index in [1.807, 2.05) is 0 Å². The molecule has 3 amide bonds. The molecule has 0 aromatic rings. The highest BCUT2D eigenvalue weighted by Gasteiger charge is 2.50. The number of carbonyl (C=O) groups excluding carboxylic acids is 2. The van der Waals surface area contributed by atoms with Crippen molar-refractivity contribution in [1.82, 2.24) is 10.2 Å².